The Bertz CT molecular complexity index is 394. The van der Waals surface area contributed by atoms with E-state index in [0.717, 1.165) is 6.42 Å². The third-order valence-electron chi connectivity index (χ3n) is 3.87. The van der Waals surface area contributed by atoms with Gasteiger partial charge in [0.05, 0.1) is 18.9 Å². The van der Waals surface area contributed by atoms with Crippen molar-refractivity contribution in [1.82, 2.24) is 0 Å². The van der Waals surface area contributed by atoms with E-state index in [-0.39, 0.29) is 29.2 Å². The van der Waals surface area contributed by atoms with Crippen LogP contribution in [-0.4, -0.2) is 24.7 Å². The number of rotatable bonds is 6. The van der Waals surface area contributed by atoms with E-state index in [0.29, 0.717) is 13.2 Å². The lowest BCUT2D eigenvalue weighted by Crippen LogP contribution is -2.32. The monoisotopic (exact) mass is 272 g/mol. The fraction of sp³-hybridized carbons (Fsp3) is 0.769. The van der Waals surface area contributed by atoms with Gasteiger partial charge in [-0.25, -0.2) is 0 Å². The molecule has 0 saturated heterocycles. The summed E-state index contributed by atoms with van der Waals surface area (Å²) in [6, 6.07) is 0. The SMILES string of the molecule is CCOP(=O)(OCC)[C@H]1[C@H](C(C)=O)[C@H]2C=C[C@@H]1C2. The molecule has 0 aliphatic heterocycles. The molecule has 0 N–H and O–H groups in total. The summed E-state index contributed by atoms with van der Waals surface area (Å²) in [6.45, 7) is 5.88. The van der Waals surface area contributed by atoms with Crippen molar-refractivity contribution < 1.29 is 18.4 Å². The van der Waals surface area contributed by atoms with Crippen LogP contribution >= 0.6 is 7.60 Å². The largest absolute Gasteiger partial charge is 0.335 e. The summed E-state index contributed by atoms with van der Waals surface area (Å²) >= 11 is 0. The van der Waals surface area contributed by atoms with Gasteiger partial charge < -0.3 is 9.05 Å². The first-order chi connectivity index (χ1) is 8.53. The van der Waals surface area contributed by atoms with E-state index in [1.165, 1.54) is 0 Å². The van der Waals surface area contributed by atoms with Gasteiger partial charge in [-0.2, -0.15) is 0 Å². The Kier molecular flexibility index (Phi) is 4.10. The van der Waals surface area contributed by atoms with Crippen LogP contribution in [0.15, 0.2) is 12.2 Å². The second-order valence-corrected chi connectivity index (χ2v) is 7.14. The Balaban J connectivity index is 2.31. The first kappa shape index (κ1) is 14.0. The third-order valence-corrected chi connectivity index (χ3v) is 6.54. The first-order valence-electron chi connectivity index (χ1n) is 6.61. The molecule has 0 unspecified atom stereocenters. The van der Waals surface area contributed by atoms with Crippen LogP contribution < -0.4 is 0 Å². The molecular weight excluding hydrogens is 251 g/mol. The van der Waals surface area contributed by atoms with Crippen LogP contribution in [0, 0.1) is 17.8 Å². The van der Waals surface area contributed by atoms with Crippen molar-refractivity contribution in [1.29, 1.82) is 0 Å². The van der Waals surface area contributed by atoms with Gasteiger partial charge in [-0.15, -0.1) is 0 Å². The molecule has 1 saturated carbocycles. The van der Waals surface area contributed by atoms with Crippen LogP contribution in [0.2, 0.25) is 0 Å². The Labute approximate surface area is 108 Å². The van der Waals surface area contributed by atoms with Gasteiger partial charge in [0.25, 0.3) is 0 Å². The number of ketones is 1. The highest BCUT2D eigenvalue weighted by atomic mass is 31.2. The Morgan fingerprint density at radius 1 is 1.22 bits per heavy atom. The maximum absolute atomic E-state index is 12.9. The van der Waals surface area contributed by atoms with Crippen LogP contribution in [0.25, 0.3) is 0 Å². The van der Waals surface area contributed by atoms with Crippen LogP contribution in [0.3, 0.4) is 0 Å². The number of allylic oxidation sites excluding steroid dienone is 2. The Morgan fingerprint density at radius 2 is 1.78 bits per heavy atom. The van der Waals surface area contributed by atoms with Gasteiger partial charge in [0.2, 0.25) is 0 Å². The normalized spacial score (nSPS) is 34.2. The van der Waals surface area contributed by atoms with Crippen molar-refractivity contribution in [2.24, 2.45) is 17.8 Å². The molecule has 2 aliphatic carbocycles. The molecule has 0 aromatic rings. The summed E-state index contributed by atoms with van der Waals surface area (Å²) < 4.78 is 23.8. The summed E-state index contributed by atoms with van der Waals surface area (Å²) in [6.07, 6.45) is 5.05. The number of fused-ring (bicyclic) bond motifs is 2. The minimum atomic E-state index is -3.19. The van der Waals surface area contributed by atoms with Crippen molar-refractivity contribution in [3.63, 3.8) is 0 Å². The minimum Gasteiger partial charge on any atom is -0.309 e. The van der Waals surface area contributed by atoms with Gasteiger partial charge in [0.15, 0.2) is 0 Å². The Morgan fingerprint density at radius 3 is 2.28 bits per heavy atom. The van der Waals surface area contributed by atoms with Gasteiger partial charge in [-0.1, -0.05) is 12.2 Å². The van der Waals surface area contributed by atoms with E-state index in [1.54, 1.807) is 20.8 Å². The lowest BCUT2D eigenvalue weighted by molar-refractivity contribution is -0.121. The molecule has 0 aromatic heterocycles. The summed E-state index contributed by atoms with van der Waals surface area (Å²) in [7, 11) is -3.19. The standard InChI is InChI=1S/C13H21O4P/c1-4-16-18(15,17-5-2)13-11-7-6-10(8-11)12(13)9(3)14/h6-7,10-13H,4-5,8H2,1-3H3/t10-,11+,12+,13+/m0/s1. The van der Waals surface area contributed by atoms with Crippen molar-refractivity contribution in [2.75, 3.05) is 13.2 Å². The van der Waals surface area contributed by atoms with Crippen molar-refractivity contribution in [3.05, 3.63) is 12.2 Å². The predicted molar refractivity (Wildman–Crippen MR) is 69.6 cm³/mol. The van der Waals surface area contributed by atoms with Gasteiger partial charge in [0.1, 0.15) is 5.78 Å². The second kappa shape index (κ2) is 5.28. The zero-order chi connectivity index (χ0) is 13.3. The molecule has 18 heavy (non-hydrogen) atoms. The smallest absolute Gasteiger partial charge is 0.309 e. The number of hydrogen-bond acceptors (Lipinski definition) is 4. The lowest BCUT2D eigenvalue weighted by Gasteiger charge is -2.31. The molecule has 4 nitrogen and oxygen atoms in total. The van der Waals surface area contributed by atoms with Gasteiger partial charge >= 0.3 is 7.60 Å². The van der Waals surface area contributed by atoms with Crippen molar-refractivity contribution in [3.8, 4) is 0 Å². The van der Waals surface area contributed by atoms with Crippen LogP contribution in [-0.2, 0) is 18.4 Å². The molecule has 1 fully saturated rings. The van der Waals surface area contributed by atoms with Gasteiger partial charge in [0, 0.05) is 5.92 Å². The van der Waals surface area contributed by atoms with E-state index >= 15 is 0 Å². The molecule has 0 spiro atoms. The summed E-state index contributed by atoms with van der Waals surface area (Å²) in [4.78, 5) is 11.8. The molecular formula is C13H21O4P. The topological polar surface area (TPSA) is 52.6 Å². The molecule has 0 aromatic carbocycles. The molecule has 5 heteroatoms. The third kappa shape index (κ3) is 2.22. The number of carbonyl (C=O) groups excluding carboxylic acids is 1. The molecule has 4 atom stereocenters. The second-order valence-electron chi connectivity index (χ2n) is 4.95. The van der Waals surface area contributed by atoms with Crippen LogP contribution in [0.5, 0.6) is 0 Å². The molecule has 0 amide bonds. The van der Waals surface area contributed by atoms with Crippen molar-refractivity contribution in [2.45, 2.75) is 32.9 Å². The molecule has 2 rings (SSSR count). The fourth-order valence-electron chi connectivity index (χ4n) is 3.34. The molecule has 0 heterocycles. The lowest BCUT2D eigenvalue weighted by atomic mass is 9.90. The highest BCUT2D eigenvalue weighted by Gasteiger charge is 2.56. The number of carbonyl (C=O) groups is 1. The predicted octanol–water partition coefficient (Wildman–Crippen LogP) is 3.03. The van der Waals surface area contributed by atoms with Gasteiger partial charge in [-0.3, -0.25) is 9.36 Å². The highest BCUT2D eigenvalue weighted by molar-refractivity contribution is 7.54. The van der Waals surface area contributed by atoms with E-state index in [9.17, 15) is 9.36 Å². The van der Waals surface area contributed by atoms with Gasteiger partial charge in [-0.05, 0) is 39.0 Å². The number of Topliss-reactive ketones (excluding diaryl/α,β-unsaturated/α-hetero) is 1. The highest BCUT2D eigenvalue weighted by Crippen LogP contribution is 2.65. The van der Waals surface area contributed by atoms with E-state index in [4.69, 9.17) is 9.05 Å². The quantitative estimate of drug-likeness (QED) is 0.551. The zero-order valence-corrected chi connectivity index (χ0v) is 12.1. The maximum Gasteiger partial charge on any atom is 0.335 e. The average molecular weight is 272 g/mol. The minimum absolute atomic E-state index is 0.0940. The van der Waals surface area contributed by atoms with E-state index in [2.05, 4.69) is 12.2 Å². The maximum atomic E-state index is 12.9. The van der Waals surface area contributed by atoms with E-state index < -0.39 is 7.60 Å². The molecule has 0 radical (unpaired) electrons. The average Bonchev–Trinajstić information content (AvgIpc) is 2.88. The zero-order valence-electron chi connectivity index (χ0n) is 11.2. The van der Waals surface area contributed by atoms with Crippen molar-refractivity contribution >= 4 is 13.4 Å². The first-order valence-corrected chi connectivity index (χ1v) is 8.22. The van der Waals surface area contributed by atoms with Crippen LogP contribution in [0.4, 0.5) is 0 Å². The number of hydrogen-bond donors (Lipinski definition) is 0. The van der Waals surface area contributed by atoms with E-state index in [1.807, 2.05) is 0 Å². The summed E-state index contributed by atoms with van der Waals surface area (Å²) in [5, 5.41) is 0. The Hall–Kier alpha value is -0.440. The molecule has 102 valence electrons. The summed E-state index contributed by atoms with van der Waals surface area (Å²) in [5.74, 6) is 0.264. The molecule has 2 aliphatic rings. The fourth-order valence-corrected chi connectivity index (χ4v) is 5.99. The summed E-state index contributed by atoms with van der Waals surface area (Å²) in [5.41, 5.74) is -0.287. The molecule has 2 bridgehead atoms. The van der Waals surface area contributed by atoms with Crippen LogP contribution in [0.1, 0.15) is 27.2 Å².